The summed E-state index contributed by atoms with van der Waals surface area (Å²) in [5.74, 6) is -1.40. The standard InChI is InChI=1S/C13H18N2O5S2/c16-11(17)4-3-6-14-13(18)12-10(5-9-21-12)22(19,20)15-7-1-2-8-15/h5,9H,1-4,6-8H2,(H,14,18)(H,16,17). The van der Waals surface area contributed by atoms with E-state index >= 15 is 0 Å². The first-order chi connectivity index (χ1) is 10.4. The summed E-state index contributed by atoms with van der Waals surface area (Å²) < 4.78 is 26.4. The van der Waals surface area contributed by atoms with Gasteiger partial charge >= 0.3 is 5.97 Å². The Bertz CT molecular complexity index is 647. The van der Waals surface area contributed by atoms with Gasteiger partial charge in [0.25, 0.3) is 5.91 Å². The lowest BCUT2D eigenvalue weighted by Crippen LogP contribution is -2.30. The van der Waals surface area contributed by atoms with Gasteiger partial charge < -0.3 is 10.4 Å². The molecule has 1 amide bonds. The number of nitrogens with one attached hydrogen (secondary N) is 1. The number of hydrogen-bond acceptors (Lipinski definition) is 5. The molecule has 0 bridgehead atoms. The highest BCUT2D eigenvalue weighted by molar-refractivity contribution is 7.89. The quantitative estimate of drug-likeness (QED) is 0.720. The SMILES string of the molecule is O=C(O)CCCNC(=O)c1sccc1S(=O)(=O)N1CCCC1. The third-order valence-corrected chi connectivity index (χ3v) is 6.35. The molecule has 2 heterocycles. The molecule has 0 aromatic carbocycles. The first-order valence-electron chi connectivity index (χ1n) is 7.00. The van der Waals surface area contributed by atoms with Gasteiger partial charge in [-0.05, 0) is 30.7 Å². The van der Waals surface area contributed by atoms with Crippen LogP contribution in [-0.4, -0.2) is 49.3 Å². The van der Waals surface area contributed by atoms with E-state index in [1.165, 1.54) is 10.4 Å². The van der Waals surface area contributed by atoms with Crippen LogP contribution >= 0.6 is 11.3 Å². The molecular weight excluding hydrogens is 328 g/mol. The zero-order valence-corrected chi connectivity index (χ0v) is 13.6. The lowest BCUT2D eigenvalue weighted by atomic mass is 10.3. The molecular formula is C13H18N2O5S2. The van der Waals surface area contributed by atoms with E-state index in [0.717, 1.165) is 24.2 Å². The molecule has 1 aromatic heterocycles. The van der Waals surface area contributed by atoms with Crippen LogP contribution < -0.4 is 5.32 Å². The minimum atomic E-state index is -3.63. The summed E-state index contributed by atoms with van der Waals surface area (Å²) in [6.07, 6.45) is 1.94. The van der Waals surface area contributed by atoms with Gasteiger partial charge in [0.15, 0.2) is 0 Å². The van der Waals surface area contributed by atoms with Gasteiger partial charge in [-0.3, -0.25) is 9.59 Å². The van der Waals surface area contributed by atoms with Gasteiger partial charge in [0, 0.05) is 26.1 Å². The highest BCUT2D eigenvalue weighted by Gasteiger charge is 2.31. The average Bonchev–Trinajstić information content (AvgIpc) is 3.12. The van der Waals surface area contributed by atoms with Crippen LogP contribution in [0, 0.1) is 0 Å². The number of hydrogen-bond donors (Lipinski definition) is 2. The molecule has 22 heavy (non-hydrogen) atoms. The van der Waals surface area contributed by atoms with Crippen molar-refractivity contribution in [3.8, 4) is 0 Å². The van der Waals surface area contributed by atoms with Gasteiger partial charge in [-0.2, -0.15) is 4.31 Å². The fourth-order valence-electron chi connectivity index (χ4n) is 2.26. The topological polar surface area (TPSA) is 104 Å². The summed E-state index contributed by atoms with van der Waals surface area (Å²) in [7, 11) is -3.63. The smallest absolute Gasteiger partial charge is 0.303 e. The molecule has 0 radical (unpaired) electrons. The number of amides is 1. The number of carboxylic acids is 1. The second-order valence-electron chi connectivity index (χ2n) is 4.98. The van der Waals surface area contributed by atoms with Crippen LogP contribution in [0.2, 0.25) is 0 Å². The third-order valence-electron chi connectivity index (χ3n) is 3.37. The third kappa shape index (κ3) is 3.84. The van der Waals surface area contributed by atoms with Crippen molar-refractivity contribution in [2.45, 2.75) is 30.6 Å². The van der Waals surface area contributed by atoms with E-state index in [-0.39, 0.29) is 22.7 Å². The summed E-state index contributed by atoms with van der Waals surface area (Å²) in [5, 5.41) is 12.7. The number of carbonyl (C=O) groups excluding carboxylic acids is 1. The number of carbonyl (C=O) groups is 2. The Hall–Kier alpha value is -1.45. The maximum atomic E-state index is 12.5. The second-order valence-corrected chi connectivity index (χ2v) is 7.80. The Morgan fingerprint density at radius 2 is 2.00 bits per heavy atom. The summed E-state index contributed by atoms with van der Waals surface area (Å²) in [6.45, 7) is 1.17. The molecule has 1 aromatic rings. The van der Waals surface area contributed by atoms with Gasteiger partial charge in [0.2, 0.25) is 10.0 Å². The number of thiophene rings is 1. The zero-order chi connectivity index (χ0) is 16.2. The van der Waals surface area contributed by atoms with Gasteiger partial charge in [0.1, 0.15) is 9.77 Å². The average molecular weight is 346 g/mol. The highest BCUT2D eigenvalue weighted by Crippen LogP contribution is 2.27. The molecule has 0 unspecified atom stereocenters. The molecule has 122 valence electrons. The molecule has 1 saturated heterocycles. The van der Waals surface area contributed by atoms with Crippen molar-refractivity contribution in [1.82, 2.24) is 9.62 Å². The van der Waals surface area contributed by atoms with E-state index in [2.05, 4.69) is 5.32 Å². The van der Waals surface area contributed by atoms with E-state index in [1.807, 2.05) is 0 Å². The van der Waals surface area contributed by atoms with Crippen molar-refractivity contribution < 1.29 is 23.1 Å². The zero-order valence-electron chi connectivity index (χ0n) is 11.9. The lowest BCUT2D eigenvalue weighted by Gasteiger charge is -2.15. The number of carboxylic acid groups (broad SMARTS) is 1. The van der Waals surface area contributed by atoms with Crippen LogP contribution in [0.4, 0.5) is 0 Å². The van der Waals surface area contributed by atoms with Crippen LogP contribution in [0.1, 0.15) is 35.4 Å². The molecule has 9 heteroatoms. The van der Waals surface area contributed by atoms with Gasteiger partial charge in [-0.25, -0.2) is 8.42 Å². The van der Waals surface area contributed by atoms with E-state index < -0.39 is 21.9 Å². The monoisotopic (exact) mass is 346 g/mol. The van der Waals surface area contributed by atoms with Crippen LogP contribution in [0.25, 0.3) is 0 Å². The molecule has 0 aliphatic carbocycles. The van der Waals surface area contributed by atoms with Gasteiger partial charge in [0.05, 0.1) is 0 Å². The summed E-state index contributed by atoms with van der Waals surface area (Å²) in [6, 6.07) is 1.45. The fraction of sp³-hybridized carbons (Fsp3) is 0.538. The predicted octanol–water partition coefficient (Wildman–Crippen LogP) is 1.13. The number of nitrogens with zero attached hydrogens (tertiary/aromatic N) is 1. The van der Waals surface area contributed by atoms with Crippen molar-refractivity contribution in [2.24, 2.45) is 0 Å². The van der Waals surface area contributed by atoms with Crippen molar-refractivity contribution in [3.63, 3.8) is 0 Å². The fourth-order valence-corrected chi connectivity index (χ4v) is 5.09. The van der Waals surface area contributed by atoms with Crippen molar-refractivity contribution in [3.05, 3.63) is 16.3 Å². The maximum absolute atomic E-state index is 12.5. The van der Waals surface area contributed by atoms with Gasteiger partial charge in [-0.1, -0.05) is 0 Å². The molecule has 0 atom stereocenters. The van der Waals surface area contributed by atoms with Crippen LogP contribution in [-0.2, 0) is 14.8 Å². The minimum absolute atomic E-state index is 0.0372. The highest BCUT2D eigenvalue weighted by atomic mass is 32.2. The van der Waals surface area contributed by atoms with Crippen molar-refractivity contribution >= 4 is 33.2 Å². The molecule has 1 aliphatic heterocycles. The van der Waals surface area contributed by atoms with E-state index in [1.54, 1.807) is 5.38 Å². The number of aliphatic carboxylic acids is 1. The molecule has 1 aliphatic rings. The second kappa shape index (κ2) is 7.21. The Morgan fingerprint density at radius 3 is 2.64 bits per heavy atom. The Labute approximate surface area is 133 Å². The summed E-state index contributed by atoms with van der Waals surface area (Å²) in [4.78, 5) is 22.7. The van der Waals surface area contributed by atoms with Crippen LogP contribution in [0.5, 0.6) is 0 Å². The van der Waals surface area contributed by atoms with Crippen molar-refractivity contribution in [2.75, 3.05) is 19.6 Å². The Kier molecular flexibility index (Phi) is 5.54. The first-order valence-corrected chi connectivity index (χ1v) is 9.32. The molecule has 7 nitrogen and oxygen atoms in total. The minimum Gasteiger partial charge on any atom is -0.481 e. The van der Waals surface area contributed by atoms with Crippen LogP contribution in [0.15, 0.2) is 16.3 Å². The first kappa shape index (κ1) is 16.9. The van der Waals surface area contributed by atoms with E-state index in [4.69, 9.17) is 5.11 Å². The maximum Gasteiger partial charge on any atom is 0.303 e. The molecule has 0 saturated carbocycles. The van der Waals surface area contributed by atoms with Crippen LogP contribution in [0.3, 0.4) is 0 Å². The van der Waals surface area contributed by atoms with E-state index in [0.29, 0.717) is 19.5 Å². The Balaban J connectivity index is 2.05. The largest absolute Gasteiger partial charge is 0.481 e. The molecule has 1 fully saturated rings. The molecule has 2 rings (SSSR count). The summed E-state index contributed by atoms with van der Waals surface area (Å²) in [5.41, 5.74) is 0. The Morgan fingerprint density at radius 1 is 1.32 bits per heavy atom. The lowest BCUT2D eigenvalue weighted by molar-refractivity contribution is -0.137. The molecule has 0 spiro atoms. The number of rotatable bonds is 7. The summed E-state index contributed by atoms with van der Waals surface area (Å²) >= 11 is 1.07. The van der Waals surface area contributed by atoms with Gasteiger partial charge in [-0.15, -0.1) is 11.3 Å². The predicted molar refractivity (Wildman–Crippen MR) is 81.5 cm³/mol. The van der Waals surface area contributed by atoms with E-state index in [9.17, 15) is 18.0 Å². The number of sulfonamides is 1. The normalized spacial score (nSPS) is 15.8. The molecule has 2 N–H and O–H groups in total. The van der Waals surface area contributed by atoms with Crippen molar-refractivity contribution in [1.29, 1.82) is 0 Å².